The highest BCUT2D eigenvalue weighted by Gasteiger charge is 2.23. The van der Waals surface area contributed by atoms with Gasteiger partial charge in [-0.25, -0.2) is 9.97 Å². The van der Waals surface area contributed by atoms with Crippen molar-refractivity contribution in [3.8, 4) is 16.9 Å². The predicted octanol–water partition coefficient (Wildman–Crippen LogP) is 2.83. The number of piperidine rings is 1. The molecule has 1 aliphatic heterocycles. The molecule has 0 radical (unpaired) electrons. The molecule has 0 bridgehead atoms. The van der Waals surface area contributed by atoms with Gasteiger partial charge in [-0.1, -0.05) is 12.1 Å². The number of carbonyl (C=O) groups is 2. The Morgan fingerprint density at radius 2 is 1.68 bits per heavy atom. The first-order valence-corrected chi connectivity index (χ1v) is 11.2. The van der Waals surface area contributed by atoms with E-state index in [0.29, 0.717) is 23.9 Å². The summed E-state index contributed by atoms with van der Waals surface area (Å²) in [7, 11) is 0. The summed E-state index contributed by atoms with van der Waals surface area (Å²) in [6.07, 6.45) is 6.08. The molecule has 0 saturated carbocycles. The number of hydrogen-bond donors (Lipinski definition) is 3. The molecule has 2 aromatic heterocycles. The van der Waals surface area contributed by atoms with Gasteiger partial charge in [0.2, 0.25) is 0 Å². The van der Waals surface area contributed by atoms with E-state index in [-0.39, 0.29) is 11.4 Å². The molecule has 1 saturated heterocycles. The van der Waals surface area contributed by atoms with Crippen molar-refractivity contribution in [3.63, 3.8) is 0 Å². The van der Waals surface area contributed by atoms with Gasteiger partial charge in [-0.15, -0.1) is 0 Å². The minimum absolute atomic E-state index is 0.185. The summed E-state index contributed by atoms with van der Waals surface area (Å²) < 4.78 is 0. The second-order valence-corrected chi connectivity index (χ2v) is 8.42. The molecule has 4 rings (SSSR count). The van der Waals surface area contributed by atoms with E-state index in [0.717, 1.165) is 37.1 Å². The van der Waals surface area contributed by atoms with Crippen LogP contribution in [0.3, 0.4) is 0 Å². The lowest BCUT2D eigenvalue weighted by molar-refractivity contribution is -0.135. The molecular formula is C25H27N5O4. The van der Waals surface area contributed by atoms with E-state index in [9.17, 15) is 14.7 Å². The number of pyridine rings is 1. The van der Waals surface area contributed by atoms with Crippen molar-refractivity contribution in [1.82, 2.24) is 20.3 Å². The first kappa shape index (κ1) is 23.2. The lowest BCUT2D eigenvalue weighted by Crippen LogP contribution is -2.34. The molecule has 1 aromatic carbocycles. The third kappa shape index (κ3) is 5.48. The van der Waals surface area contributed by atoms with Crippen LogP contribution in [0.2, 0.25) is 0 Å². The fraction of sp³-hybridized carbons (Fsp3) is 0.320. The number of nitrogens with one attached hydrogen (secondary N) is 1. The molecule has 3 aromatic rings. The summed E-state index contributed by atoms with van der Waals surface area (Å²) >= 11 is 0. The van der Waals surface area contributed by atoms with Crippen LogP contribution in [-0.4, -0.2) is 56.7 Å². The van der Waals surface area contributed by atoms with E-state index in [2.05, 4.69) is 49.4 Å². The van der Waals surface area contributed by atoms with E-state index >= 15 is 0 Å². The lowest BCUT2D eigenvalue weighted by atomic mass is 9.92. The van der Waals surface area contributed by atoms with Crippen molar-refractivity contribution < 1.29 is 19.8 Å². The molecule has 9 nitrogen and oxygen atoms in total. The summed E-state index contributed by atoms with van der Waals surface area (Å²) in [5, 5.41) is 21.2. The Bertz CT molecular complexity index is 1160. The second-order valence-electron chi connectivity index (χ2n) is 8.42. The molecular weight excluding hydrogens is 434 g/mol. The smallest absolute Gasteiger partial charge is 0.322 e. The Hall–Kier alpha value is -4.01. The zero-order valence-corrected chi connectivity index (χ0v) is 18.9. The number of hydrogen-bond acceptors (Lipinski definition) is 7. The Balaban J connectivity index is 1.37. The molecule has 34 heavy (non-hydrogen) atoms. The average molecular weight is 462 g/mol. The van der Waals surface area contributed by atoms with Crippen LogP contribution in [0.15, 0.2) is 48.8 Å². The van der Waals surface area contributed by atoms with E-state index in [1.807, 2.05) is 12.1 Å². The van der Waals surface area contributed by atoms with Gasteiger partial charge in [0.1, 0.15) is 12.4 Å². The zero-order valence-electron chi connectivity index (χ0n) is 18.9. The van der Waals surface area contributed by atoms with Crippen LogP contribution >= 0.6 is 0 Å². The summed E-state index contributed by atoms with van der Waals surface area (Å²) in [4.78, 5) is 38.0. The minimum Gasteiger partial charge on any atom is -0.504 e. The summed E-state index contributed by atoms with van der Waals surface area (Å²) in [6, 6.07) is 12.5. The van der Waals surface area contributed by atoms with Crippen molar-refractivity contribution >= 4 is 17.6 Å². The first-order valence-electron chi connectivity index (χ1n) is 11.2. The van der Waals surface area contributed by atoms with Crippen molar-refractivity contribution in [2.75, 3.05) is 24.5 Å². The van der Waals surface area contributed by atoms with Gasteiger partial charge in [-0.05, 0) is 61.1 Å². The molecule has 0 atom stereocenters. The highest BCUT2D eigenvalue weighted by Crippen LogP contribution is 2.28. The van der Waals surface area contributed by atoms with Crippen LogP contribution < -0.4 is 10.2 Å². The third-order valence-corrected chi connectivity index (χ3v) is 6.05. The van der Waals surface area contributed by atoms with Crippen molar-refractivity contribution in [1.29, 1.82) is 0 Å². The zero-order chi connectivity index (χ0) is 24.1. The Morgan fingerprint density at radius 3 is 2.32 bits per heavy atom. The molecule has 9 heteroatoms. The highest BCUT2D eigenvalue weighted by molar-refractivity contribution is 5.96. The van der Waals surface area contributed by atoms with Crippen LogP contribution in [-0.2, 0) is 11.2 Å². The summed E-state index contributed by atoms with van der Waals surface area (Å²) in [6.45, 7) is 2.87. The Kier molecular flexibility index (Phi) is 7.01. The molecule has 176 valence electrons. The summed E-state index contributed by atoms with van der Waals surface area (Å²) in [5.41, 5.74) is 3.60. The number of carboxylic acid groups (broad SMARTS) is 1. The topological polar surface area (TPSA) is 129 Å². The van der Waals surface area contributed by atoms with E-state index in [1.165, 1.54) is 5.69 Å². The second kappa shape index (κ2) is 10.3. The van der Waals surface area contributed by atoms with Gasteiger partial charge in [0.25, 0.3) is 5.91 Å². The van der Waals surface area contributed by atoms with Gasteiger partial charge in [0.15, 0.2) is 11.4 Å². The molecule has 1 aliphatic rings. The molecule has 0 unspecified atom stereocenters. The predicted molar refractivity (Wildman–Crippen MR) is 127 cm³/mol. The van der Waals surface area contributed by atoms with Gasteiger partial charge < -0.3 is 20.4 Å². The number of aryl methyl sites for hydroxylation is 1. The summed E-state index contributed by atoms with van der Waals surface area (Å²) in [5.74, 6) is -1.38. The number of aromatic nitrogens is 3. The van der Waals surface area contributed by atoms with Gasteiger partial charge in [0, 0.05) is 37.6 Å². The van der Waals surface area contributed by atoms with Crippen LogP contribution in [0.4, 0.5) is 5.69 Å². The van der Waals surface area contributed by atoms with Gasteiger partial charge in [0.05, 0.1) is 5.69 Å². The standard InChI is InChI=1S/C25H27N5O4/c1-16-24(33)23(25(34)27-15-22(31)32)29-21(28-16)14-17-8-12-30(13-9-17)20-4-2-18(3-5-20)19-6-10-26-11-7-19/h2-7,10-11,17,33H,8-9,12-15H2,1H3,(H,27,34)(H,31,32). The molecule has 0 spiro atoms. The minimum atomic E-state index is -1.17. The van der Waals surface area contributed by atoms with E-state index < -0.39 is 18.4 Å². The number of aliphatic carboxylic acids is 1. The largest absolute Gasteiger partial charge is 0.504 e. The molecule has 0 aliphatic carbocycles. The normalized spacial score (nSPS) is 14.1. The number of benzene rings is 1. The van der Waals surface area contributed by atoms with Gasteiger partial charge in [-0.2, -0.15) is 0 Å². The number of anilines is 1. The van der Waals surface area contributed by atoms with Crippen molar-refractivity contribution in [3.05, 3.63) is 66.0 Å². The Morgan fingerprint density at radius 1 is 1.03 bits per heavy atom. The van der Waals surface area contributed by atoms with Crippen molar-refractivity contribution in [2.45, 2.75) is 26.2 Å². The number of carbonyl (C=O) groups excluding carboxylic acids is 1. The van der Waals surface area contributed by atoms with E-state index in [4.69, 9.17) is 5.11 Å². The fourth-order valence-electron chi connectivity index (χ4n) is 4.18. The quantitative estimate of drug-likeness (QED) is 0.490. The lowest BCUT2D eigenvalue weighted by Gasteiger charge is -2.33. The van der Waals surface area contributed by atoms with E-state index in [1.54, 1.807) is 19.3 Å². The van der Waals surface area contributed by atoms with Crippen LogP contribution in [0, 0.1) is 12.8 Å². The van der Waals surface area contributed by atoms with Crippen LogP contribution in [0.1, 0.15) is 34.8 Å². The number of rotatable bonds is 7. The number of amides is 1. The molecule has 1 fully saturated rings. The SMILES string of the molecule is Cc1nc(CC2CCN(c3ccc(-c4ccncc4)cc3)CC2)nc(C(=O)NCC(=O)O)c1O. The van der Waals surface area contributed by atoms with Crippen LogP contribution in [0.25, 0.3) is 11.1 Å². The average Bonchev–Trinajstić information content (AvgIpc) is 2.86. The van der Waals surface area contributed by atoms with Crippen LogP contribution in [0.5, 0.6) is 5.75 Å². The fourth-order valence-corrected chi connectivity index (χ4v) is 4.18. The molecule has 3 heterocycles. The third-order valence-electron chi connectivity index (χ3n) is 6.05. The van der Waals surface area contributed by atoms with Gasteiger partial charge >= 0.3 is 5.97 Å². The van der Waals surface area contributed by atoms with Gasteiger partial charge in [-0.3, -0.25) is 14.6 Å². The Labute approximate surface area is 197 Å². The maximum Gasteiger partial charge on any atom is 0.322 e. The van der Waals surface area contributed by atoms with Crippen molar-refractivity contribution in [2.24, 2.45) is 5.92 Å². The maximum atomic E-state index is 12.2. The first-order chi connectivity index (χ1) is 16.4. The molecule has 3 N–H and O–H groups in total. The number of carboxylic acids is 1. The maximum absolute atomic E-state index is 12.2. The number of aromatic hydroxyl groups is 1. The monoisotopic (exact) mass is 461 g/mol. The molecule has 1 amide bonds. The number of nitrogens with zero attached hydrogens (tertiary/aromatic N) is 4. The highest BCUT2D eigenvalue weighted by atomic mass is 16.4.